The van der Waals surface area contributed by atoms with Crippen LogP contribution in [0.3, 0.4) is 0 Å². The molecule has 0 amide bonds. The van der Waals surface area contributed by atoms with Gasteiger partial charge in [-0.2, -0.15) is 0 Å². The van der Waals surface area contributed by atoms with Crippen molar-refractivity contribution in [2.24, 2.45) is 0 Å². The number of aliphatic hydroxyl groups excluding tert-OH is 2. The Morgan fingerprint density at radius 3 is 1.91 bits per heavy atom. The van der Waals surface area contributed by atoms with Gasteiger partial charge >= 0.3 is 0 Å². The molecule has 0 aliphatic carbocycles. The molecule has 4 nitrogen and oxygen atoms in total. The highest BCUT2D eigenvalue weighted by Crippen LogP contribution is 2.08. The number of rotatable bonds is 9. The minimum atomic E-state index is -0.863. The van der Waals surface area contributed by atoms with Gasteiger partial charge in [0.15, 0.2) is 0 Å². The average Bonchev–Trinajstić information content (AvgIpc) is 2.57. The van der Waals surface area contributed by atoms with E-state index in [0.29, 0.717) is 13.2 Å². The van der Waals surface area contributed by atoms with Crippen molar-refractivity contribution < 1.29 is 19.7 Å². The Balaban J connectivity index is 1.73. The SMILES string of the molecule is OC[C@@H](OCc1ccccc1)C(O)COCc1ccccc1. The summed E-state index contributed by atoms with van der Waals surface area (Å²) >= 11 is 0. The maximum atomic E-state index is 10.1. The maximum Gasteiger partial charge on any atom is 0.109 e. The molecular weight excluding hydrogens is 280 g/mol. The summed E-state index contributed by atoms with van der Waals surface area (Å²) in [5.74, 6) is 0. The van der Waals surface area contributed by atoms with Gasteiger partial charge in [0.05, 0.1) is 26.4 Å². The van der Waals surface area contributed by atoms with Crippen LogP contribution in [0.4, 0.5) is 0 Å². The van der Waals surface area contributed by atoms with Crippen LogP contribution in [0.5, 0.6) is 0 Å². The first-order valence-corrected chi connectivity index (χ1v) is 7.35. The van der Waals surface area contributed by atoms with Crippen molar-refractivity contribution in [1.29, 1.82) is 0 Å². The standard InChI is InChI=1S/C18H22O4/c19-11-18(22-13-16-9-5-2-6-10-16)17(20)14-21-12-15-7-3-1-4-8-15/h1-10,17-20H,11-14H2/t17?,18-/m1/s1. The van der Waals surface area contributed by atoms with E-state index in [2.05, 4.69) is 0 Å². The zero-order valence-corrected chi connectivity index (χ0v) is 12.5. The van der Waals surface area contributed by atoms with Crippen molar-refractivity contribution >= 4 is 0 Å². The van der Waals surface area contributed by atoms with Gasteiger partial charge in [0.1, 0.15) is 12.2 Å². The Labute approximate surface area is 130 Å². The lowest BCUT2D eigenvalue weighted by molar-refractivity contribution is -0.0984. The summed E-state index contributed by atoms with van der Waals surface area (Å²) in [4.78, 5) is 0. The van der Waals surface area contributed by atoms with Gasteiger partial charge in [0.2, 0.25) is 0 Å². The van der Waals surface area contributed by atoms with Crippen LogP contribution in [0, 0.1) is 0 Å². The summed E-state index contributed by atoms with van der Waals surface area (Å²) in [6.07, 6.45) is -1.52. The molecule has 0 heterocycles. The number of benzene rings is 2. The maximum absolute atomic E-state index is 10.1. The fraction of sp³-hybridized carbons (Fsp3) is 0.333. The van der Waals surface area contributed by atoms with E-state index < -0.39 is 12.2 Å². The predicted octanol–water partition coefficient (Wildman–Crippen LogP) is 2.14. The summed E-state index contributed by atoms with van der Waals surface area (Å²) in [5.41, 5.74) is 2.04. The second kappa shape index (κ2) is 9.33. The summed E-state index contributed by atoms with van der Waals surface area (Å²) in [6.45, 7) is 0.647. The van der Waals surface area contributed by atoms with Crippen LogP contribution in [0.1, 0.15) is 11.1 Å². The first kappa shape index (κ1) is 16.6. The monoisotopic (exact) mass is 302 g/mol. The molecule has 22 heavy (non-hydrogen) atoms. The Morgan fingerprint density at radius 1 is 0.818 bits per heavy atom. The highest BCUT2D eigenvalue weighted by molar-refractivity contribution is 5.14. The van der Waals surface area contributed by atoms with Crippen molar-refractivity contribution in [2.75, 3.05) is 13.2 Å². The first-order chi connectivity index (χ1) is 10.8. The second-order valence-corrected chi connectivity index (χ2v) is 5.09. The topological polar surface area (TPSA) is 58.9 Å². The Morgan fingerprint density at radius 2 is 1.36 bits per heavy atom. The van der Waals surface area contributed by atoms with Gasteiger partial charge in [0.25, 0.3) is 0 Å². The van der Waals surface area contributed by atoms with E-state index in [4.69, 9.17) is 9.47 Å². The van der Waals surface area contributed by atoms with E-state index >= 15 is 0 Å². The van der Waals surface area contributed by atoms with E-state index in [1.165, 1.54) is 0 Å². The van der Waals surface area contributed by atoms with E-state index in [1.54, 1.807) is 0 Å². The van der Waals surface area contributed by atoms with Crippen LogP contribution in [0.15, 0.2) is 60.7 Å². The molecule has 0 aliphatic heterocycles. The molecule has 1 unspecified atom stereocenters. The fourth-order valence-corrected chi connectivity index (χ4v) is 2.04. The minimum absolute atomic E-state index is 0.120. The van der Waals surface area contributed by atoms with Gasteiger partial charge in [-0.25, -0.2) is 0 Å². The molecule has 2 aromatic carbocycles. The third kappa shape index (κ3) is 5.58. The molecule has 0 aromatic heterocycles. The summed E-state index contributed by atoms with van der Waals surface area (Å²) in [5, 5.41) is 19.4. The highest BCUT2D eigenvalue weighted by atomic mass is 16.5. The van der Waals surface area contributed by atoms with Crippen LogP contribution in [0.25, 0.3) is 0 Å². The van der Waals surface area contributed by atoms with E-state index in [0.717, 1.165) is 11.1 Å². The number of hydrogen-bond acceptors (Lipinski definition) is 4. The van der Waals surface area contributed by atoms with Gasteiger partial charge in [-0.1, -0.05) is 60.7 Å². The van der Waals surface area contributed by atoms with Gasteiger partial charge in [-0.3, -0.25) is 0 Å². The molecule has 4 heteroatoms. The van der Waals surface area contributed by atoms with Crippen molar-refractivity contribution in [3.8, 4) is 0 Å². The molecule has 0 bridgehead atoms. The van der Waals surface area contributed by atoms with E-state index in [9.17, 15) is 10.2 Å². The van der Waals surface area contributed by atoms with Crippen LogP contribution >= 0.6 is 0 Å². The minimum Gasteiger partial charge on any atom is -0.394 e. The van der Waals surface area contributed by atoms with Gasteiger partial charge < -0.3 is 19.7 Å². The number of hydrogen-bond donors (Lipinski definition) is 2. The average molecular weight is 302 g/mol. The molecule has 2 atom stereocenters. The molecular formula is C18H22O4. The molecule has 0 fully saturated rings. The molecule has 0 saturated carbocycles. The number of ether oxygens (including phenoxy) is 2. The van der Waals surface area contributed by atoms with Crippen molar-refractivity contribution in [3.63, 3.8) is 0 Å². The van der Waals surface area contributed by atoms with Crippen LogP contribution in [-0.4, -0.2) is 35.6 Å². The largest absolute Gasteiger partial charge is 0.394 e. The Bertz CT molecular complexity index is 515. The van der Waals surface area contributed by atoms with Gasteiger partial charge in [-0.05, 0) is 11.1 Å². The third-order valence-corrected chi connectivity index (χ3v) is 3.32. The fourth-order valence-electron chi connectivity index (χ4n) is 2.04. The summed E-state index contributed by atoms with van der Waals surface area (Å²) < 4.78 is 11.0. The molecule has 2 N–H and O–H groups in total. The van der Waals surface area contributed by atoms with Gasteiger partial charge in [0, 0.05) is 0 Å². The number of aliphatic hydroxyl groups is 2. The van der Waals surface area contributed by atoms with Gasteiger partial charge in [-0.15, -0.1) is 0 Å². The van der Waals surface area contributed by atoms with Crippen molar-refractivity contribution in [3.05, 3.63) is 71.8 Å². The summed E-state index contributed by atoms with van der Waals surface area (Å²) in [6, 6.07) is 19.4. The van der Waals surface area contributed by atoms with Crippen molar-refractivity contribution in [2.45, 2.75) is 25.4 Å². The van der Waals surface area contributed by atoms with E-state index in [1.807, 2.05) is 60.7 Å². The molecule has 2 aromatic rings. The first-order valence-electron chi connectivity index (χ1n) is 7.35. The van der Waals surface area contributed by atoms with Crippen LogP contribution in [-0.2, 0) is 22.7 Å². The smallest absolute Gasteiger partial charge is 0.109 e. The Kier molecular flexibility index (Phi) is 7.06. The second-order valence-electron chi connectivity index (χ2n) is 5.09. The lowest BCUT2D eigenvalue weighted by atomic mass is 10.2. The Hall–Kier alpha value is -1.72. The molecule has 0 saturated heterocycles. The zero-order chi connectivity index (χ0) is 15.6. The molecule has 0 spiro atoms. The molecule has 0 aliphatic rings. The third-order valence-electron chi connectivity index (χ3n) is 3.32. The lowest BCUT2D eigenvalue weighted by Gasteiger charge is -2.21. The molecule has 118 valence electrons. The van der Waals surface area contributed by atoms with Crippen LogP contribution < -0.4 is 0 Å². The normalized spacial score (nSPS) is 13.7. The highest BCUT2D eigenvalue weighted by Gasteiger charge is 2.19. The molecule has 2 rings (SSSR count). The quantitative estimate of drug-likeness (QED) is 0.745. The van der Waals surface area contributed by atoms with Crippen molar-refractivity contribution in [1.82, 2.24) is 0 Å². The van der Waals surface area contributed by atoms with Crippen LogP contribution in [0.2, 0.25) is 0 Å². The summed E-state index contributed by atoms with van der Waals surface area (Å²) in [7, 11) is 0. The van der Waals surface area contributed by atoms with E-state index in [-0.39, 0.29) is 13.2 Å². The molecule has 0 radical (unpaired) electrons. The zero-order valence-electron chi connectivity index (χ0n) is 12.5. The lowest BCUT2D eigenvalue weighted by Crippen LogP contribution is -2.35. The predicted molar refractivity (Wildman–Crippen MR) is 84.2 cm³/mol.